The minimum Gasteiger partial charge on any atom is -0.352 e. The number of amides is 2. The van der Waals surface area contributed by atoms with Gasteiger partial charge in [0.05, 0.1) is 26.8 Å². The van der Waals surface area contributed by atoms with E-state index < -0.39 is 10.8 Å². The summed E-state index contributed by atoms with van der Waals surface area (Å²) in [6, 6.07) is 10.2. The lowest BCUT2D eigenvalue weighted by atomic mass is 10.1. The number of anilines is 1. The molecule has 27 heavy (non-hydrogen) atoms. The molecular formula is C19H20ClN3O4. The van der Waals surface area contributed by atoms with Crippen LogP contribution in [-0.4, -0.2) is 23.3 Å². The maximum atomic E-state index is 12.5. The second kappa shape index (κ2) is 9.14. The number of non-ortho nitro benzene ring substituents is 1. The van der Waals surface area contributed by atoms with Crippen LogP contribution >= 0.6 is 11.6 Å². The molecule has 0 atom stereocenters. The van der Waals surface area contributed by atoms with Gasteiger partial charge in [0.1, 0.15) is 0 Å². The highest BCUT2D eigenvalue weighted by Gasteiger charge is 2.18. The van der Waals surface area contributed by atoms with Crippen molar-refractivity contribution < 1.29 is 14.5 Å². The first-order valence-electron chi connectivity index (χ1n) is 8.42. The third-order valence-electron chi connectivity index (χ3n) is 3.84. The summed E-state index contributed by atoms with van der Waals surface area (Å²) in [6.45, 7) is 4.66. The molecule has 0 heterocycles. The van der Waals surface area contributed by atoms with E-state index in [4.69, 9.17) is 11.6 Å². The summed E-state index contributed by atoms with van der Waals surface area (Å²) in [5.41, 5.74) is 0.533. The third-order valence-corrected chi connectivity index (χ3v) is 4.15. The molecule has 142 valence electrons. The molecule has 0 spiro atoms. The number of rotatable bonds is 7. The molecule has 0 bridgehead atoms. The summed E-state index contributed by atoms with van der Waals surface area (Å²) < 4.78 is 0. The minimum atomic E-state index is -0.593. The molecule has 2 aromatic rings. The average Bonchev–Trinajstić information content (AvgIpc) is 2.61. The van der Waals surface area contributed by atoms with Gasteiger partial charge >= 0.3 is 0 Å². The lowest BCUT2D eigenvalue weighted by Gasteiger charge is -2.12. The van der Waals surface area contributed by atoms with Crippen LogP contribution in [0.2, 0.25) is 5.02 Å². The highest BCUT2D eigenvalue weighted by atomic mass is 35.5. The number of nitro groups is 1. The molecule has 0 aliphatic carbocycles. The Morgan fingerprint density at radius 2 is 1.81 bits per heavy atom. The Morgan fingerprint density at radius 3 is 2.44 bits per heavy atom. The van der Waals surface area contributed by atoms with Crippen molar-refractivity contribution in [3.05, 3.63) is 68.7 Å². The SMILES string of the molecule is CC(C)CCNC(=O)c1ccccc1NC(=O)c1ccc([N+](=O)[O-])cc1Cl. The van der Waals surface area contributed by atoms with Crippen LogP contribution in [0.1, 0.15) is 41.0 Å². The van der Waals surface area contributed by atoms with E-state index in [-0.39, 0.29) is 22.2 Å². The molecule has 2 amide bonds. The molecule has 7 nitrogen and oxygen atoms in total. The van der Waals surface area contributed by atoms with Gasteiger partial charge in [0.25, 0.3) is 17.5 Å². The van der Waals surface area contributed by atoms with Gasteiger partial charge in [-0.15, -0.1) is 0 Å². The Morgan fingerprint density at radius 1 is 1.11 bits per heavy atom. The second-order valence-corrected chi connectivity index (χ2v) is 6.77. The Bertz CT molecular complexity index is 868. The number of nitro benzene ring substituents is 1. The van der Waals surface area contributed by atoms with Crippen molar-refractivity contribution in [2.24, 2.45) is 5.92 Å². The predicted octanol–water partition coefficient (Wildman–Crippen LogP) is 4.28. The molecule has 0 aliphatic heterocycles. The number of nitrogens with zero attached hydrogens (tertiary/aromatic N) is 1. The van der Waals surface area contributed by atoms with Gasteiger partial charge in [-0.1, -0.05) is 37.6 Å². The smallest absolute Gasteiger partial charge is 0.270 e. The molecule has 8 heteroatoms. The fraction of sp³-hybridized carbons (Fsp3) is 0.263. The van der Waals surface area contributed by atoms with E-state index in [9.17, 15) is 19.7 Å². The molecule has 0 saturated carbocycles. The minimum absolute atomic E-state index is 0.0411. The fourth-order valence-corrected chi connectivity index (χ4v) is 2.61. The van der Waals surface area contributed by atoms with E-state index in [0.29, 0.717) is 23.7 Å². The first-order chi connectivity index (χ1) is 12.8. The van der Waals surface area contributed by atoms with Crippen molar-refractivity contribution in [1.29, 1.82) is 0 Å². The van der Waals surface area contributed by atoms with E-state index in [1.807, 2.05) is 0 Å². The number of carbonyl (C=O) groups is 2. The van der Waals surface area contributed by atoms with E-state index in [2.05, 4.69) is 24.5 Å². The Balaban J connectivity index is 2.17. The number of carbonyl (C=O) groups excluding carboxylic acids is 2. The predicted molar refractivity (Wildman–Crippen MR) is 104 cm³/mol. The fourth-order valence-electron chi connectivity index (χ4n) is 2.35. The van der Waals surface area contributed by atoms with Crippen LogP contribution < -0.4 is 10.6 Å². The number of hydrogen-bond acceptors (Lipinski definition) is 4. The maximum absolute atomic E-state index is 12.5. The van der Waals surface area contributed by atoms with Gasteiger partial charge < -0.3 is 10.6 Å². The van der Waals surface area contributed by atoms with Crippen LogP contribution in [0.25, 0.3) is 0 Å². The van der Waals surface area contributed by atoms with Crippen LogP contribution in [0, 0.1) is 16.0 Å². The van der Waals surface area contributed by atoms with Crippen molar-refractivity contribution in [1.82, 2.24) is 5.32 Å². The molecule has 0 aromatic heterocycles. The number of nitrogens with one attached hydrogen (secondary N) is 2. The molecule has 0 fully saturated rings. The molecule has 0 unspecified atom stereocenters. The number of para-hydroxylation sites is 1. The van der Waals surface area contributed by atoms with Crippen LogP contribution in [0.5, 0.6) is 0 Å². The van der Waals surface area contributed by atoms with Crippen molar-refractivity contribution in [3.63, 3.8) is 0 Å². The third kappa shape index (κ3) is 5.52. The van der Waals surface area contributed by atoms with Gasteiger partial charge in [-0.2, -0.15) is 0 Å². The summed E-state index contributed by atoms with van der Waals surface area (Å²) >= 11 is 5.99. The van der Waals surface area contributed by atoms with Gasteiger partial charge in [-0.3, -0.25) is 19.7 Å². The maximum Gasteiger partial charge on any atom is 0.270 e. The number of hydrogen-bond donors (Lipinski definition) is 2. The van der Waals surface area contributed by atoms with Gasteiger partial charge in [0.15, 0.2) is 0 Å². The summed E-state index contributed by atoms with van der Waals surface area (Å²) in [5.74, 6) is -0.386. The van der Waals surface area contributed by atoms with Crippen molar-refractivity contribution in [2.75, 3.05) is 11.9 Å². The van der Waals surface area contributed by atoms with E-state index in [0.717, 1.165) is 12.5 Å². The van der Waals surface area contributed by atoms with Crippen LogP contribution in [0.3, 0.4) is 0 Å². The lowest BCUT2D eigenvalue weighted by molar-refractivity contribution is -0.384. The molecule has 0 saturated heterocycles. The van der Waals surface area contributed by atoms with Crippen molar-refractivity contribution in [2.45, 2.75) is 20.3 Å². The summed E-state index contributed by atoms with van der Waals surface area (Å²) in [5, 5.41) is 16.2. The van der Waals surface area contributed by atoms with E-state index in [1.54, 1.807) is 24.3 Å². The highest BCUT2D eigenvalue weighted by Crippen LogP contribution is 2.24. The van der Waals surface area contributed by atoms with Crippen molar-refractivity contribution in [3.8, 4) is 0 Å². The molecular weight excluding hydrogens is 370 g/mol. The second-order valence-electron chi connectivity index (χ2n) is 6.36. The molecule has 2 aromatic carbocycles. The van der Waals surface area contributed by atoms with Crippen LogP contribution in [0.15, 0.2) is 42.5 Å². The quantitative estimate of drug-likeness (QED) is 0.545. The van der Waals surface area contributed by atoms with Crippen LogP contribution in [0.4, 0.5) is 11.4 Å². The monoisotopic (exact) mass is 389 g/mol. The largest absolute Gasteiger partial charge is 0.352 e. The zero-order valence-corrected chi connectivity index (χ0v) is 15.7. The Kier molecular flexibility index (Phi) is 6.90. The summed E-state index contributed by atoms with van der Waals surface area (Å²) in [6.07, 6.45) is 0.846. The van der Waals surface area contributed by atoms with Gasteiger partial charge in [-0.25, -0.2) is 0 Å². The van der Waals surface area contributed by atoms with Gasteiger partial charge in [-0.05, 0) is 30.5 Å². The van der Waals surface area contributed by atoms with Crippen molar-refractivity contribution >= 4 is 34.8 Å². The Labute approximate surface area is 161 Å². The zero-order valence-electron chi connectivity index (χ0n) is 15.0. The molecule has 0 aliphatic rings. The molecule has 0 radical (unpaired) electrons. The summed E-state index contributed by atoms with van der Waals surface area (Å²) in [4.78, 5) is 35.1. The van der Waals surface area contributed by atoms with Gasteiger partial charge in [0, 0.05) is 18.7 Å². The van der Waals surface area contributed by atoms with E-state index >= 15 is 0 Å². The normalized spacial score (nSPS) is 10.5. The number of halogens is 1. The Hall–Kier alpha value is -2.93. The lowest BCUT2D eigenvalue weighted by Crippen LogP contribution is -2.27. The molecule has 2 rings (SSSR count). The first kappa shape index (κ1) is 20.4. The summed E-state index contributed by atoms with van der Waals surface area (Å²) in [7, 11) is 0. The standard InChI is InChI=1S/C19H20ClN3O4/c1-12(2)9-10-21-18(24)15-5-3-4-6-17(15)22-19(25)14-8-7-13(23(26)27)11-16(14)20/h3-8,11-12H,9-10H2,1-2H3,(H,21,24)(H,22,25). The number of benzene rings is 2. The van der Waals surface area contributed by atoms with Gasteiger partial charge in [0.2, 0.25) is 0 Å². The van der Waals surface area contributed by atoms with E-state index in [1.165, 1.54) is 12.1 Å². The first-order valence-corrected chi connectivity index (χ1v) is 8.80. The van der Waals surface area contributed by atoms with Crippen LogP contribution in [-0.2, 0) is 0 Å². The average molecular weight is 390 g/mol. The zero-order chi connectivity index (χ0) is 20.0. The topological polar surface area (TPSA) is 101 Å². The highest BCUT2D eigenvalue weighted by molar-refractivity contribution is 6.34. The molecule has 2 N–H and O–H groups in total.